The standard InChI is InChI=1S/C21H18N8O.C8H8BN3O4.C8H10BN3O2.C7H4FNO4.C7H5N3O3.CH4.B.H2/c30-20-14-8-7-12(9-17(14)27-29-20)22-21-23-15-4-2-1-3-13(15)19(25-21)24-18-10-16(26-28-18)11-5-6-11;1-9(14)11-7-4-5(12(15)16)2-3-6(7)8(13)10-11;1-9(14)12-7-4-5(10)2-3-6(7)8(13)11-12;8-6-3-4(9(12)13)1-2-5(6)7(10)11;11-7-5-2-1-4(10(12)13)3-6(5)8-9-7;;;/h1-4,7-11H,5-6H2,(H2,27,29,30)(H3,22,23,24,25,26,28);2-4,14H,1H3,(H,10,13);2-4,14H,10H2,1H3,(H,11,13);1-3H,(H,10,11);1-3H,(H2,8,9,11);1H4;;1H/i;;;;;;;1+1. The number of nitrogens with two attached hydrogens (primary N) is 1. The van der Waals surface area contributed by atoms with Gasteiger partial charge in [-0.15, -0.1) is 0 Å². The second-order valence-electron chi connectivity index (χ2n) is 18.9. The first-order valence-corrected chi connectivity index (χ1v) is 25.4. The van der Waals surface area contributed by atoms with Crippen LogP contribution in [-0.2, 0) is 0 Å². The average Bonchev–Trinajstić information content (AvgIpc) is 2.11. The fraction of sp³-hybridized carbons (Fsp3) is 0.115. The molecule has 0 atom stereocenters. The Morgan fingerprint density at radius 1 is 0.659 bits per heavy atom. The Balaban J connectivity index is 0.000000185. The molecule has 0 saturated heterocycles. The molecule has 88 heavy (non-hydrogen) atoms. The van der Waals surface area contributed by atoms with Crippen molar-refractivity contribution < 1.29 is 40.5 Å². The number of rotatable bonds is 11. The number of hydrogen-bond donors (Lipinski definition) is 13. The molecule has 12 aromatic rings. The number of carboxylic acid groups (broad SMARTS) is 1. The summed E-state index contributed by atoms with van der Waals surface area (Å²) in [6.07, 6.45) is 2.42. The number of nitrogens with zero attached hydrogens (tertiary/aromatic N) is 8. The predicted molar refractivity (Wildman–Crippen MR) is 330 cm³/mol. The maximum Gasteiger partial charge on any atom is 0.429 e. The van der Waals surface area contributed by atoms with Gasteiger partial charge in [-0.2, -0.15) is 10.1 Å². The number of aromatic amines is 7. The Morgan fingerprint density at radius 3 is 1.75 bits per heavy atom. The molecule has 14 N–H and O–H groups in total. The van der Waals surface area contributed by atoms with E-state index >= 15 is 0 Å². The number of anilines is 5. The van der Waals surface area contributed by atoms with E-state index in [1.807, 2.05) is 42.5 Å². The van der Waals surface area contributed by atoms with E-state index in [0.717, 1.165) is 40.2 Å². The van der Waals surface area contributed by atoms with Gasteiger partial charge in [0.25, 0.3) is 39.3 Å². The molecule has 0 unspecified atom stereocenters. The first-order valence-electron chi connectivity index (χ1n) is 25.4. The van der Waals surface area contributed by atoms with E-state index in [4.69, 9.17) is 10.8 Å². The summed E-state index contributed by atoms with van der Waals surface area (Å²) >= 11 is 0. The van der Waals surface area contributed by atoms with Crippen LogP contribution in [0.2, 0.25) is 13.6 Å². The van der Waals surface area contributed by atoms with E-state index < -0.39 is 51.9 Å². The van der Waals surface area contributed by atoms with Gasteiger partial charge >= 0.3 is 20.1 Å². The SMILES string of the molecule is C.CB(O)n1[nH]c(=O)c2ccc(N)cc21.CB(O)n1[nH]c(=O)c2ccc([N+](=O)[O-])cc21.O=C(O)c1ccc([N+](=O)[O-])cc1F.O=c1[nH][nH]c2cc(Nc3nc(Nc4cc(C5CC5)[nH]n4)c4ccccc4n3)ccc12.O=c1[nH][nH]c2cc([N+](=O)[O-])ccc12.[2HH].[B]. The Morgan fingerprint density at radius 2 is 1.18 bits per heavy atom. The second kappa shape index (κ2) is 26.8. The van der Waals surface area contributed by atoms with Crippen LogP contribution in [0.15, 0.2) is 141 Å². The van der Waals surface area contributed by atoms with Gasteiger partial charge < -0.3 is 31.5 Å². The van der Waals surface area contributed by atoms with E-state index in [-0.39, 0.29) is 50.9 Å². The Bertz CT molecular complexity index is 4840. The Labute approximate surface area is 494 Å². The van der Waals surface area contributed by atoms with Crippen LogP contribution in [0.1, 0.15) is 43.7 Å². The number of carbonyl (C=O) groups is 1. The second-order valence-corrected chi connectivity index (χ2v) is 18.9. The lowest BCUT2D eigenvalue weighted by molar-refractivity contribution is -0.385. The lowest BCUT2D eigenvalue weighted by Gasteiger charge is -2.10. The molecule has 449 valence electrons. The van der Waals surface area contributed by atoms with Crippen LogP contribution in [0, 0.1) is 36.2 Å². The number of hydrogen-bond acceptors (Lipinski definition) is 19. The van der Waals surface area contributed by atoms with Gasteiger partial charge in [0.1, 0.15) is 11.6 Å². The summed E-state index contributed by atoms with van der Waals surface area (Å²) in [6.45, 7) is 3.02. The summed E-state index contributed by atoms with van der Waals surface area (Å²) < 4.78 is 15.3. The molecule has 0 aliphatic heterocycles. The van der Waals surface area contributed by atoms with Gasteiger partial charge in [-0.1, -0.05) is 19.6 Å². The Kier molecular flexibility index (Phi) is 19.3. The number of H-pyrrole nitrogens is 7. The highest BCUT2D eigenvalue weighted by Crippen LogP contribution is 2.40. The summed E-state index contributed by atoms with van der Waals surface area (Å²) in [4.78, 5) is 94.3. The van der Waals surface area contributed by atoms with Gasteiger partial charge in [0.15, 0.2) is 5.82 Å². The lowest BCUT2D eigenvalue weighted by Crippen LogP contribution is -2.22. The number of carboxylic acids is 1. The number of non-ortho nitro benzene ring substituents is 3. The highest BCUT2D eigenvalue weighted by Gasteiger charge is 2.26. The zero-order valence-corrected chi connectivity index (χ0v) is 45.1. The molecule has 32 nitrogen and oxygen atoms in total. The molecular weight excluding hydrogens is 1150 g/mol. The molecule has 3 radical (unpaired) electrons. The molecule has 0 bridgehead atoms. The van der Waals surface area contributed by atoms with Crippen molar-refractivity contribution in [1.29, 1.82) is 0 Å². The fourth-order valence-electron chi connectivity index (χ4n) is 8.54. The van der Waals surface area contributed by atoms with Gasteiger partial charge in [0, 0.05) is 74.6 Å². The van der Waals surface area contributed by atoms with E-state index in [2.05, 4.69) is 61.4 Å². The number of nitro benzene ring substituents is 3. The maximum absolute atomic E-state index is 12.8. The zero-order chi connectivity index (χ0) is 61.7. The summed E-state index contributed by atoms with van der Waals surface area (Å²) in [7, 11) is -1.73. The molecule has 1 fully saturated rings. The number of nitro groups is 3. The molecule has 1 aliphatic carbocycles. The molecule has 6 heterocycles. The number of aromatic nitrogens is 12. The minimum atomic E-state index is -1.45. The van der Waals surface area contributed by atoms with Crippen LogP contribution in [0.3, 0.4) is 0 Å². The van der Waals surface area contributed by atoms with Crippen LogP contribution in [0.4, 0.5) is 50.4 Å². The van der Waals surface area contributed by atoms with Crippen LogP contribution < -0.4 is 38.6 Å². The molecular formula is C52H51B3FN18O14. The van der Waals surface area contributed by atoms with Crippen molar-refractivity contribution in [2.24, 2.45) is 0 Å². The van der Waals surface area contributed by atoms with Crippen molar-refractivity contribution in [1.82, 2.24) is 59.9 Å². The van der Waals surface area contributed by atoms with Crippen molar-refractivity contribution in [3.05, 3.63) is 210 Å². The van der Waals surface area contributed by atoms with E-state index in [1.165, 1.54) is 65.2 Å². The van der Waals surface area contributed by atoms with Gasteiger partial charge in [0.2, 0.25) is 5.95 Å². The third kappa shape index (κ3) is 14.3. The van der Waals surface area contributed by atoms with Crippen molar-refractivity contribution in [3.63, 3.8) is 0 Å². The number of nitrogen functional groups attached to an aromatic ring is 1. The quantitative estimate of drug-likeness (QED) is 0.0279. The maximum atomic E-state index is 12.8. The smallest absolute Gasteiger partial charge is 0.429 e. The van der Waals surface area contributed by atoms with Crippen LogP contribution in [0.5, 0.6) is 0 Å². The molecule has 36 heteroatoms. The van der Waals surface area contributed by atoms with Gasteiger partial charge in [-0.05, 0) is 93.2 Å². The van der Waals surface area contributed by atoms with Crippen molar-refractivity contribution in [2.45, 2.75) is 39.8 Å². The number of aromatic carboxylic acids is 1. The number of para-hydroxylation sites is 1. The average molecular weight is 1200 g/mol. The van der Waals surface area contributed by atoms with Crippen LogP contribution in [0.25, 0.3) is 54.5 Å². The van der Waals surface area contributed by atoms with Crippen molar-refractivity contribution in [3.8, 4) is 0 Å². The molecule has 6 aromatic heterocycles. The topological polar surface area (TPSA) is 485 Å². The lowest BCUT2D eigenvalue weighted by atomic mass is 9.89. The highest BCUT2D eigenvalue weighted by molar-refractivity contribution is 6.48. The number of benzene rings is 6. The van der Waals surface area contributed by atoms with Gasteiger partial charge in [-0.3, -0.25) is 94.4 Å². The third-order valence-electron chi connectivity index (χ3n) is 12.9. The predicted octanol–water partition coefficient (Wildman–Crippen LogP) is 6.65. The highest BCUT2D eigenvalue weighted by atomic mass is 19.1. The first kappa shape index (κ1) is 63.6. The molecule has 0 amide bonds. The molecule has 1 saturated carbocycles. The summed E-state index contributed by atoms with van der Waals surface area (Å²) in [5, 5.41) is 90.3. The fourth-order valence-corrected chi connectivity index (χ4v) is 8.54. The summed E-state index contributed by atoms with van der Waals surface area (Å²) in [5.74, 6) is -0.103. The molecule has 6 aromatic carbocycles. The van der Waals surface area contributed by atoms with Crippen molar-refractivity contribution >= 4 is 129 Å². The summed E-state index contributed by atoms with van der Waals surface area (Å²) in [5.41, 5.74) is 8.75. The number of nitrogens with one attached hydrogen (secondary N) is 9. The van der Waals surface area contributed by atoms with E-state index in [1.54, 1.807) is 31.1 Å². The molecule has 13 rings (SSSR count). The monoisotopic (exact) mass is 1200 g/mol. The van der Waals surface area contributed by atoms with E-state index in [0.29, 0.717) is 73.0 Å². The van der Waals surface area contributed by atoms with Crippen LogP contribution in [-0.4, -0.2) is 118 Å². The minimum Gasteiger partial charge on any atom is -0.478 e. The molecule has 1 aliphatic rings. The summed E-state index contributed by atoms with van der Waals surface area (Å²) in [6, 6.07) is 30.5. The van der Waals surface area contributed by atoms with Gasteiger partial charge in [0.05, 0.1) is 75.5 Å². The van der Waals surface area contributed by atoms with E-state index in [9.17, 15) is 68.8 Å². The first-order chi connectivity index (χ1) is 41.0. The third-order valence-corrected chi connectivity index (χ3v) is 12.9. The van der Waals surface area contributed by atoms with Gasteiger partial charge in [-0.25, -0.2) is 14.2 Å². The van der Waals surface area contributed by atoms with Crippen LogP contribution >= 0.6 is 0 Å². The van der Waals surface area contributed by atoms with Crippen molar-refractivity contribution in [2.75, 3.05) is 16.4 Å². The Hall–Kier alpha value is -11.9. The minimum absolute atomic E-state index is 0. The molecule has 0 spiro atoms. The number of fused-ring (bicyclic) bond motifs is 5. The number of halogens is 1. The zero-order valence-electron chi connectivity index (χ0n) is 45.1. The largest absolute Gasteiger partial charge is 0.478 e. The normalized spacial score (nSPS) is 11.3.